The topological polar surface area (TPSA) is 128 Å². The van der Waals surface area contributed by atoms with E-state index in [1.165, 1.54) is 0 Å². The van der Waals surface area contributed by atoms with Crippen molar-refractivity contribution >= 4 is 35.9 Å². The maximum atomic E-state index is 11.9. The molecular formula is C16H19ClN4O3. The van der Waals surface area contributed by atoms with Crippen LogP contribution in [0.25, 0.3) is 0 Å². The molecule has 6 N–H and O–H groups in total. The van der Waals surface area contributed by atoms with E-state index in [2.05, 4.69) is 22.5 Å². The zero-order valence-electron chi connectivity index (χ0n) is 12.9. The molecule has 7 nitrogen and oxygen atoms in total. The van der Waals surface area contributed by atoms with Crippen molar-refractivity contribution in [3.8, 4) is 11.8 Å². The maximum absolute atomic E-state index is 11.9. The molecule has 128 valence electrons. The summed E-state index contributed by atoms with van der Waals surface area (Å²) in [6.45, 7) is 0.501. The average Bonchev–Trinajstić information content (AvgIpc) is 2.47. The third-order valence-electron chi connectivity index (χ3n) is 3.42. The van der Waals surface area contributed by atoms with Gasteiger partial charge < -0.3 is 21.5 Å². The molecule has 1 aromatic rings. The Hall–Kier alpha value is -2.72. The molecule has 24 heavy (non-hydrogen) atoms. The molecule has 1 heterocycles. The highest BCUT2D eigenvalue weighted by atomic mass is 35.5. The largest absolute Gasteiger partial charge is 0.481 e. The standard InChI is InChI=1S/C16H18N4O3.ClH/c17-16(18)19-6-2-1-3-10-4-5-11-8-12(9-14(21)22)15(23)20-13(11)7-10;/h4-5,7,12H,2,6,8-9H2,(H,20,23)(H,21,22)(H4,17,18,19);1H. The van der Waals surface area contributed by atoms with Crippen molar-refractivity contribution < 1.29 is 14.7 Å². The van der Waals surface area contributed by atoms with Crippen molar-refractivity contribution in [1.82, 2.24) is 5.32 Å². The molecule has 1 amide bonds. The first-order valence-corrected chi connectivity index (χ1v) is 7.18. The summed E-state index contributed by atoms with van der Waals surface area (Å²) in [5.41, 5.74) is 7.53. The molecule has 0 aliphatic carbocycles. The number of carbonyl (C=O) groups excluding carboxylic acids is 1. The summed E-state index contributed by atoms with van der Waals surface area (Å²) >= 11 is 0. The molecule has 0 saturated heterocycles. The van der Waals surface area contributed by atoms with E-state index in [0.717, 1.165) is 11.1 Å². The number of anilines is 1. The van der Waals surface area contributed by atoms with Gasteiger partial charge >= 0.3 is 5.97 Å². The number of halogens is 1. The van der Waals surface area contributed by atoms with E-state index < -0.39 is 11.9 Å². The SMILES string of the molecule is Cl.N=C(N)NCCC#Cc1ccc2c(c1)NC(=O)C(CC(=O)O)C2. The fraction of sp³-hybridized carbons (Fsp3) is 0.312. The summed E-state index contributed by atoms with van der Waals surface area (Å²) in [6, 6.07) is 5.50. The van der Waals surface area contributed by atoms with Crippen LogP contribution in [0.4, 0.5) is 5.69 Å². The van der Waals surface area contributed by atoms with Crippen LogP contribution in [0.15, 0.2) is 18.2 Å². The van der Waals surface area contributed by atoms with Gasteiger partial charge in [0.25, 0.3) is 0 Å². The molecule has 0 radical (unpaired) electrons. The average molecular weight is 351 g/mol. The second-order valence-corrected chi connectivity index (χ2v) is 5.25. The van der Waals surface area contributed by atoms with Crippen LogP contribution < -0.4 is 16.4 Å². The minimum Gasteiger partial charge on any atom is -0.481 e. The summed E-state index contributed by atoms with van der Waals surface area (Å²) in [4.78, 5) is 22.7. The number of guanidine groups is 1. The van der Waals surface area contributed by atoms with Gasteiger partial charge in [-0.1, -0.05) is 17.9 Å². The van der Waals surface area contributed by atoms with Gasteiger partial charge in [-0.15, -0.1) is 12.4 Å². The fourth-order valence-corrected chi connectivity index (χ4v) is 2.34. The van der Waals surface area contributed by atoms with Crippen LogP contribution in [0.5, 0.6) is 0 Å². The van der Waals surface area contributed by atoms with E-state index in [1.54, 1.807) is 6.07 Å². The number of hydrogen-bond donors (Lipinski definition) is 5. The first kappa shape index (κ1) is 19.3. The van der Waals surface area contributed by atoms with Crippen LogP contribution in [-0.2, 0) is 16.0 Å². The van der Waals surface area contributed by atoms with Gasteiger partial charge in [-0.3, -0.25) is 15.0 Å². The molecule has 0 saturated carbocycles. The summed E-state index contributed by atoms with van der Waals surface area (Å²) in [5.74, 6) is 4.07. The third-order valence-corrected chi connectivity index (χ3v) is 3.42. The van der Waals surface area contributed by atoms with Crippen molar-refractivity contribution in [2.24, 2.45) is 11.7 Å². The molecule has 0 bridgehead atoms. The zero-order valence-corrected chi connectivity index (χ0v) is 13.7. The van der Waals surface area contributed by atoms with Crippen molar-refractivity contribution in [3.63, 3.8) is 0 Å². The van der Waals surface area contributed by atoms with Gasteiger partial charge in [-0.05, 0) is 24.1 Å². The number of carbonyl (C=O) groups is 2. The molecule has 0 aromatic heterocycles. The molecule has 1 aliphatic heterocycles. The van der Waals surface area contributed by atoms with Crippen molar-refractivity contribution in [2.75, 3.05) is 11.9 Å². The molecule has 0 fully saturated rings. The Balaban J connectivity index is 0.00000288. The van der Waals surface area contributed by atoms with Crippen LogP contribution in [0.2, 0.25) is 0 Å². The normalized spacial score (nSPS) is 15.0. The Labute approximate surface area is 145 Å². The highest BCUT2D eigenvalue weighted by Crippen LogP contribution is 2.28. The second-order valence-electron chi connectivity index (χ2n) is 5.25. The highest BCUT2D eigenvalue weighted by Gasteiger charge is 2.27. The van der Waals surface area contributed by atoms with E-state index in [1.807, 2.05) is 12.1 Å². The molecule has 8 heteroatoms. The number of fused-ring (bicyclic) bond motifs is 1. The Morgan fingerprint density at radius 1 is 1.50 bits per heavy atom. The number of aliphatic carboxylic acids is 1. The lowest BCUT2D eigenvalue weighted by atomic mass is 9.90. The predicted octanol–water partition coefficient (Wildman–Crippen LogP) is 0.919. The number of carboxylic acid groups (broad SMARTS) is 1. The molecule has 2 rings (SSSR count). The summed E-state index contributed by atoms with van der Waals surface area (Å²) < 4.78 is 0. The Morgan fingerprint density at radius 3 is 2.92 bits per heavy atom. The number of nitrogens with one attached hydrogen (secondary N) is 3. The van der Waals surface area contributed by atoms with E-state index in [4.69, 9.17) is 16.2 Å². The highest BCUT2D eigenvalue weighted by molar-refractivity contribution is 5.97. The number of carboxylic acids is 1. The molecule has 1 atom stereocenters. The number of amides is 1. The smallest absolute Gasteiger partial charge is 0.304 e. The minimum atomic E-state index is -0.977. The van der Waals surface area contributed by atoms with Crippen LogP contribution in [0.3, 0.4) is 0 Å². The Kier molecular flexibility index (Phi) is 7.08. The monoisotopic (exact) mass is 350 g/mol. The lowest BCUT2D eigenvalue weighted by Gasteiger charge is -2.23. The first-order chi connectivity index (χ1) is 11.0. The molecule has 1 aromatic carbocycles. The number of nitrogens with two attached hydrogens (primary N) is 1. The van der Waals surface area contributed by atoms with Gasteiger partial charge in [0.15, 0.2) is 5.96 Å². The lowest BCUT2D eigenvalue weighted by molar-refractivity contribution is -0.140. The van der Waals surface area contributed by atoms with Crippen molar-refractivity contribution in [3.05, 3.63) is 29.3 Å². The van der Waals surface area contributed by atoms with Crippen molar-refractivity contribution in [2.45, 2.75) is 19.3 Å². The van der Waals surface area contributed by atoms with E-state index in [0.29, 0.717) is 25.1 Å². The lowest BCUT2D eigenvalue weighted by Crippen LogP contribution is -2.31. The van der Waals surface area contributed by atoms with Gasteiger partial charge in [0.2, 0.25) is 5.91 Å². The quantitative estimate of drug-likeness (QED) is 0.239. The summed E-state index contributed by atoms with van der Waals surface area (Å²) in [7, 11) is 0. The Morgan fingerprint density at radius 2 is 2.25 bits per heavy atom. The number of hydrogen-bond acceptors (Lipinski definition) is 3. The fourth-order valence-electron chi connectivity index (χ4n) is 2.34. The molecule has 1 aliphatic rings. The van der Waals surface area contributed by atoms with Crippen LogP contribution >= 0.6 is 12.4 Å². The zero-order chi connectivity index (χ0) is 16.8. The first-order valence-electron chi connectivity index (χ1n) is 7.18. The number of benzene rings is 1. The van der Waals surface area contributed by atoms with Gasteiger partial charge in [-0.25, -0.2) is 0 Å². The summed E-state index contributed by atoms with van der Waals surface area (Å²) in [6.07, 6.45) is 0.795. The molecular weight excluding hydrogens is 332 g/mol. The Bertz CT molecular complexity index is 709. The second kappa shape index (κ2) is 8.79. The minimum absolute atomic E-state index is 0. The van der Waals surface area contributed by atoms with Crippen LogP contribution in [0, 0.1) is 23.2 Å². The van der Waals surface area contributed by atoms with Gasteiger partial charge in [0.1, 0.15) is 0 Å². The van der Waals surface area contributed by atoms with Gasteiger partial charge in [0, 0.05) is 24.2 Å². The van der Waals surface area contributed by atoms with Crippen molar-refractivity contribution in [1.29, 1.82) is 5.41 Å². The predicted molar refractivity (Wildman–Crippen MR) is 93.2 cm³/mol. The van der Waals surface area contributed by atoms with E-state index >= 15 is 0 Å². The van der Waals surface area contributed by atoms with Gasteiger partial charge in [-0.2, -0.15) is 0 Å². The molecule has 1 unspecified atom stereocenters. The molecule has 0 spiro atoms. The summed E-state index contributed by atoms with van der Waals surface area (Å²) in [5, 5.41) is 21.3. The number of rotatable bonds is 4. The van der Waals surface area contributed by atoms with Gasteiger partial charge in [0.05, 0.1) is 12.3 Å². The van der Waals surface area contributed by atoms with Crippen LogP contribution in [-0.4, -0.2) is 29.5 Å². The maximum Gasteiger partial charge on any atom is 0.304 e. The van der Waals surface area contributed by atoms with E-state index in [9.17, 15) is 9.59 Å². The third kappa shape index (κ3) is 5.48. The van der Waals surface area contributed by atoms with E-state index in [-0.39, 0.29) is 30.7 Å². The van der Waals surface area contributed by atoms with Crippen LogP contribution in [0.1, 0.15) is 24.0 Å².